The lowest BCUT2D eigenvalue weighted by Gasteiger charge is -2.27. The Balaban J connectivity index is 1.90. The fourth-order valence-electron chi connectivity index (χ4n) is 2.67. The zero-order chi connectivity index (χ0) is 17.0. The molecule has 0 bridgehead atoms. The molecular weight excluding hydrogens is 324 g/mol. The summed E-state index contributed by atoms with van der Waals surface area (Å²) in [4.78, 5) is 2.36. The highest BCUT2D eigenvalue weighted by Crippen LogP contribution is 2.28. The van der Waals surface area contributed by atoms with Crippen LogP contribution in [0.25, 0.3) is 0 Å². The molecule has 0 radical (unpaired) electrons. The third kappa shape index (κ3) is 3.54. The van der Waals surface area contributed by atoms with Crippen LogP contribution in [0.4, 0.5) is 11.4 Å². The molecule has 1 aliphatic rings. The van der Waals surface area contributed by atoms with Crippen molar-refractivity contribution >= 4 is 21.4 Å². The first kappa shape index (κ1) is 16.4. The van der Waals surface area contributed by atoms with E-state index < -0.39 is 10.0 Å². The first-order chi connectivity index (χ1) is 11.6. The third-order valence-corrected chi connectivity index (χ3v) is 5.32. The Morgan fingerprint density at radius 1 is 1.04 bits per heavy atom. The van der Waals surface area contributed by atoms with E-state index in [0.29, 0.717) is 11.4 Å². The summed E-state index contributed by atoms with van der Waals surface area (Å²) in [5.41, 5.74) is 1.23. The standard InChI is InChI=1S/C18H20N2O3S/c1-23-16-11-9-15(10-12-16)19-24(21,22)18-8-4-3-7-17(18)20-13-5-2-6-14-20/h2-5,7-12,19H,6,13-14H2,1H3. The van der Waals surface area contributed by atoms with Gasteiger partial charge in [0.1, 0.15) is 10.6 Å². The van der Waals surface area contributed by atoms with E-state index in [1.807, 2.05) is 12.1 Å². The molecule has 1 aliphatic heterocycles. The highest BCUT2D eigenvalue weighted by Gasteiger charge is 2.22. The average Bonchev–Trinajstić information content (AvgIpc) is 2.63. The van der Waals surface area contributed by atoms with Gasteiger partial charge in [-0.3, -0.25) is 4.72 Å². The number of rotatable bonds is 5. The van der Waals surface area contributed by atoms with Gasteiger partial charge in [0.2, 0.25) is 0 Å². The number of ether oxygens (including phenoxy) is 1. The molecule has 2 aromatic carbocycles. The van der Waals surface area contributed by atoms with E-state index in [-0.39, 0.29) is 4.90 Å². The Morgan fingerprint density at radius 2 is 1.79 bits per heavy atom. The van der Waals surface area contributed by atoms with Gasteiger partial charge in [0.05, 0.1) is 12.8 Å². The summed E-state index contributed by atoms with van der Waals surface area (Å²) in [7, 11) is -2.10. The lowest BCUT2D eigenvalue weighted by atomic mass is 10.2. The van der Waals surface area contributed by atoms with Gasteiger partial charge in [-0.2, -0.15) is 0 Å². The lowest BCUT2D eigenvalue weighted by Crippen LogP contribution is -2.29. The zero-order valence-electron chi connectivity index (χ0n) is 13.5. The Bertz CT molecular complexity index is 830. The van der Waals surface area contributed by atoms with Crippen molar-refractivity contribution in [3.05, 3.63) is 60.7 Å². The number of nitrogens with zero attached hydrogens (tertiary/aromatic N) is 1. The van der Waals surface area contributed by atoms with Gasteiger partial charge in [-0.15, -0.1) is 0 Å². The van der Waals surface area contributed by atoms with E-state index >= 15 is 0 Å². The Morgan fingerprint density at radius 3 is 2.46 bits per heavy atom. The van der Waals surface area contributed by atoms with Crippen molar-refractivity contribution in [1.29, 1.82) is 0 Å². The summed E-state index contributed by atoms with van der Waals surface area (Å²) in [6, 6.07) is 13.9. The number of para-hydroxylation sites is 1. The maximum atomic E-state index is 12.8. The molecule has 1 heterocycles. The summed E-state index contributed by atoms with van der Waals surface area (Å²) in [5, 5.41) is 0. The smallest absolute Gasteiger partial charge is 0.263 e. The van der Waals surface area contributed by atoms with Crippen LogP contribution >= 0.6 is 0 Å². The minimum absolute atomic E-state index is 0.288. The van der Waals surface area contributed by atoms with E-state index in [1.165, 1.54) is 0 Å². The molecule has 0 amide bonds. The Hall–Kier alpha value is -2.47. The minimum atomic E-state index is -3.67. The van der Waals surface area contributed by atoms with Crippen LogP contribution in [0.3, 0.4) is 0 Å². The van der Waals surface area contributed by atoms with Crippen LogP contribution in [-0.2, 0) is 10.0 Å². The van der Waals surface area contributed by atoms with Crippen LogP contribution in [0.5, 0.6) is 5.75 Å². The fourth-order valence-corrected chi connectivity index (χ4v) is 3.96. The summed E-state index contributed by atoms with van der Waals surface area (Å²) in [6.07, 6.45) is 5.09. The molecule has 0 aliphatic carbocycles. The van der Waals surface area contributed by atoms with E-state index in [9.17, 15) is 8.42 Å². The summed E-state index contributed by atoms with van der Waals surface area (Å²) in [6.45, 7) is 1.53. The van der Waals surface area contributed by atoms with Crippen molar-refractivity contribution < 1.29 is 13.2 Å². The molecule has 0 aromatic heterocycles. The van der Waals surface area contributed by atoms with Crippen LogP contribution in [-0.4, -0.2) is 28.6 Å². The largest absolute Gasteiger partial charge is 0.497 e. The molecule has 24 heavy (non-hydrogen) atoms. The number of methoxy groups -OCH3 is 1. The van der Waals surface area contributed by atoms with Gasteiger partial charge in [-0.25, -0.2) is 8.42 Å². The van der Waals surface area contributed by atoms with E-state index in [1.54, 1.807) is 43.5 Å². The fraction of sp³-hybridized carbons (Fsp3) is 0.222. The molecular formula is C18H20N2O3S. The van der Waals surface area contributed by atoms with Gasteiger partial charge in [0, 0.05) is 18.8 Å². The number of anilines is 2. The Labute approximate surface area is 142 Å². The molecule has 0 saturated heterocycles. The van der Waals surface area contributed by atoms with Gasteiger partial charge in [0.25, 0.3) is 10.0 Å². The van der Waals surface area contributed by atoms with Crippen molar-refractivity contribution in [3.8, 4) is 5.75 Å². The quantitative estimate of drug-likeness (QED) is 0.846. The van der Waals surface area contributed by atoms with Gasteiger partial charge in [-0.05, 0) is 42.8 Å². The number of hydrogen-bond donors (Lipinski definition) is 1. The second-order valence-corrected chi connectivity index (χ2v) is 7.16. The number of benzene rings is 2. The molecule has 1 N–H and O–H groups in total. The van der Waals surface area contributed by atoms with Gasteiger partial charge in [-0.1, -0.05) is 24.3 Å². The van der Waals surface area contributed by atoms with Crippen LogP contribution in [0.2, 0.25) is 0 Å². The first-order valence-corrected chi connectivity index (χ1v) is 9.24. The van der Waals surface area contributed by atoms with Crippen LogP contribution in [0.1, 0.15) is 6.42 Å². The maximum Gasteiger partial charge on any atom is 0.263 e. The van der Waals surface area contributed by atoms with Gasteiger partial charge >= 0.3 is 0 Å². The molecule has 0 unspecified atom stereocenters. The molecule has 5 nitrogen and oxygen atoms in total. The summed E-state index contributed by atoms with van der Waals surface area (Å²) in [5.74, 6) is 0.679. The van der Waals surface area contributed by atoms with Crippen molar-refractivity contribution in [2.75, 3.05) is 29.8 Å². The van der Waals surface area contributed by atoms with Crippen LogP contribution < -0.4 is 14.4 Å². The maximum absolute atomic E-state index is 12.8. The highest BCUT2D eigenvalue weighted by atomic mass is 32.2. The SMILES string of the molecule is COc1ccc(NS(=O)(=O)c2ccccc2N2CC=CCC2)cc1. The third-order valence-electron chi connectivity index (χ3n) is 3.90. The van der Waals surface area contributed by atoms with Crippen molar-refractivity contribution in [3.63, 3.8) is 0 Å². The number of nitrogens with one attached hydrogen (secondary N) is 1. The lowest BCUT2D eigenvalue weighted by molar-refractivity contribution is 0.415. The normalized spacial score (nSPS) is 14.5. The van der Waals surface area contributed by atoms with E-state index in [0.717, 1.165) is 25.2 Å². The molecule has 0 atom stereocenters. The van der Waals surface area contributed by atoms with Crippen molar-refractivity contribution in [1.82, 2.24) is 0 Å². The molecule has 2 aromatic rings. The molecule has 0 saturated carbocycles. The molecule has 3 rings (SSSR count). The highest BCUT2D eigenvalue weighted by molar-refractivity contribution is 7.92. The van der Waals surface area contributed by atoms with Gasteiger partial charge < -0.3 is 9.64 Å². The van der Waals surface area contributed by atoms with E-state index in [2.05, 4.69) is 21.8 Å². The molecule has 0 fully saturated rings. The summed E-state index contributed by atoms with van der Waals surface area (Å²) >= 11 is 0. The molecule has 6 heteroatoms. The monoisotopic (exact) mass is 344 g/mol. The predicted molar refractivity (Wildman–Crippen MR) is 96.2 cm³/mol. The average molecular weight is 344 g/mol. The first-order valence-electron chi connectivity index (χ1n) is 7.76. The zero-order valence-corrected chi connectivity index (χ0v) is 14.3. The van der Waals surface area contributed by atoms with Crippen molar-refractivity contribution in [2.24, 2.45) is 0 Å². The molecule has 0 spiro atoms. The second kappa shape index (κ2) is 6.97. The number of hydrogen-bond acceptors (Lipinski definition) is 4. The summed E-state index contributed by atoms with van der Waals surface area (Å²) < 4.78 is 33.4. The van der Waals surface area contributed by atoms with Gasteiger partial charge in [0.15, 0.2) is 0 Å². The van der Waals surface area contributed by atoms with Crippen molar-refractivity contribution in [2.45, 2.75) is 11.3 Å². The van der Waals surface area contributed by atoms with Crippen LogP contribution in [0, 0.1) is 0 Å². The topological polar surface area (TPSA) is 58.6 Å². The number of sulfonamides is 1. The van der Waals surface area contributed by atoms with E-state index in [4.69, 9.17) is 4.74 Å². The predicted octanol–water partition coefficient (Wildman–Crippen LogP) is 3.26. The Kier molecular flexibility index (Phi) is 4.76. The minimum Gasteiger partial charge on any atom is -0.497 e. The molecule has 126 valence electrons. The second-order valence-electron chi connectivity index (χ2n) is 5.51. The van der Waals surface area contributed by atoms with Crippen LogP contribution in [0.15, 0.2) is 65.6 Å².